The minimum Gasteiger partial charge on any atom is -0.325 e. The Balaban J connectivity index is 2.07. The van der Waals surface area contributed by atoms with Gasteiger partial charge in [-0.3, -0.25) is 4.79 Å². The van der Waals surface area contributed by atoms with Crippen LogP contribution in [-0.2, 0) is 4.79 Å². The second-order valence-corrected chi connectivity index (χ2v) is 5.15. The zero-order valence-electron chi connectivity index (χ0n) is 8.88. The molecule has 1 amide bonds. The molecule has 0 bridgehead atoms. The lowest BCUT2D eigenvalue weighted by Crippen LogP contribution is -2.14. The number of anilines is 1. The Hall–Kier alpha value is -0.830. The van der Waals surface area contributed by atoms with Gasteiger partial charge in [-0.1, -0.05) is 13.0 Å². The van der Waals surface area contributed by atoms with Crippen LogP contribution in [0.4, 0.5) is 5.69 Å². The Labute approximate surface area is 98.2 Å². The van der Waals surface area contributed by atoms with Crippen molar-refractivity contribution in [3.63, 3.8) is 0 Å². The highest BCUT2D eigenvalue weighted by Gasteiger charge is 2.39. The summed E-state index contributed by atoms with van der Waals surface area (Å²) in [4.78, 5) is 11.7. The minimum absolute atomic E-state index is 0.145. The smallest absolute Gasteiger partial charge is 0.227 e. The maximum Gasteiger partial charge on any atom is 0.227 e. The molecule has 1 saturated carbocycles. The fourth-order valence-corrected chi connectivity index (χ4v) is 2.23. The number of benzene rings is 1. The average Bonchev–Trinajstić information content (AvgIpc) is 2.88. The number of rotatable bonds is 2. The molecule has 1 N–H and O–H groups in total. The molecular weight excluding hydrogens is 254 g/mol. The van der Waals surface area contributed by atoms with E-state index in [-0.39, 0.29) is 11.8 Å². The second-order valence-electron chi connectivity index (χ2n) is 4.29. The van der Waals surface area contributed by atoms with Crippen molar-refractivity contribution in [3.8, 4) is 0 Å². The highest BCUT2D eigenvalue weighted by atomic mass is 79.9. The highest BCUT2D eigenvalue weighted by Crippen LogP contribution is 2.39. The lowest BCUT2D eigenvalue weighted by Gasteiger charge is -2.07. The number of amides is 1. The molecule has 15 heavy (non-hydrogen) atoms. The topological polar surface area (TPSA) is 29.1 Å². The van der Waals surface area contributed by atoms with Crippen molar-refractivity contribution in [2.24, 2.45) is 11.8 Å². The van der Waals surface area contributed by atoms with Crippen LogP contribution in [0.15, 0.2) is 22.7 Å². The molecule has 0 saturated heterocycles. The Morgan fingerprint density at radius 1 is 1.53 bits per heavy atom. The molecule has 0 aliphatic heterocycles. The van der Waals surface area contributed by atoms with Crippen molar-refractivity contribution in [1.29, 1.82) is 0 Å². The maximum absolute atomic E-state index is 11.7. The van der Waals surface area contributed by atoms with Crippen LogP contribution >= 0.6 is 15.9 Å². The summed E-state index contributed by atoms with van der Waals surface area (Å²) in [5.74, 6) is 0.916. The van der Waals surface area contributed by atoms with E-state index in [1.165, 1.54) is 5.56 Å². The van der Waals surface area contributed by atoms with E-state index >= 15 is 0 Å². The van der Waals surface area contributed by atoms with E-state index in [2.05, 4.69) is 28.2 Å². The molecule has 1 aliphatic rings. The van der Waals surface area contributed by atoms with Crippen molar-refractivity contribution in [1.82, 2.24) is 0 Å². The van der Waals surface area contributed by atoms with Crippen LogP contribution in [0.1, 0.15) is 18.9 Å². The van der Waals surface area contributed by atoms with Crippen LogP contribution in [0, 0.1) is 18.8 Å². The van der Waals surface area contributed by atoms with E-state index in [4.69, 9.17) is 0 Å². The highest BCUT2D eigenvalue weighted by molar-refractivity contribution is 9.10. The summed E-state index contributed by atoms with van der Waals surface area (Å²) in [5, 5.41) is 2.94. The fourth-order valence-electron chi connectivity index (χ4n) is 1.63. The van der Waals surface area contributed by atoms with E-state index in [9.17, 15) is 4.79 Å². The Morgan fingerprint density at radius 2 is 2.20 bits per heavy atom. The van der Waals surface area contributed by atoms with Crippen molar-refractivity contribution in [3.05, 3.63) is 28.2 Å². The van der Waals surface area contributed by atoms with Gasteiger partial charge in [-0.15, -0.1) is 0 Å². The van der Waals surface area contributed by atoms with Gasteiger partial charge in [-0.05, 0) is 52.9 Å². The van der Waals surface area contributed by atoms with Gasteiger partial charge in [0.05, 0.1) is 5.69 Å². The van der Waals surface area contributed by atoms with Crippen LogP contribution < -0.4 is 5.32 Å². The third-order valence-electron chi connectivity index (χ3n) is 2.83. The first-order chi connectivity index (χ1) is 7.08. The molecule has 2 rings (SSSR count). The summed E-state index contributed by atoms with van der Waals surface area (Å²) in [5.41, 5.74) is 2.05. The van der Waals surface area contributed by atoms with Crippen molar-refractivity contribution >= 4 is 27.5 Å². The number of halogens is 1. The van der Waals surface area contributed by atoms with E-state index < -0.39 is 0 Å². The molecule has 0 spiro atoms. The molecule has 0 heterocycles. The normalized spacial score (nSPS) is 23.7. The van der Waals surface area contributed by atoms with E-state index in [1.54, 1.807) is 0 Å². The predicted molar refractivity (Wildman–Crippen MR) is 64.8 cm³/mol. The largest absolute Gasteiger partial charge is 0.325 e. The first kappa shape index (κ1) is 10.7. The zero-order valence-corrected chi connectivity index (χ0v) is 10.5. The van der Waals surface area contributed by atoms with Gasteiger partial charge >= 0.3 is 0 Å². The summed E-state index contributed by atoms with van der Waals surface area (Å²) in [6.07, 6.45) is 1.02. The lowest BCUT2D eigenvalue weighted by molar-refractivity contribution is -0.117. The monoisotopic (exact) mass is 267 g/mol. The molecule has 0 radical (unpaired) electrons. The fraction of sp³-hybridized carbons (Fsp3) is 0.417. The SMILES string of the molecule is Cc1ccc(NC(=O)[C@H]2C[C@@H]2C)c(Br)c1. The molecule has 80 valence electrons. The molecule has 2 atom stereocenters. The summed E-state index contributed by atoms with van der Waals surface area (Å²) in [6.45, 7) is 4.13. The number of carbonyl (C=O) groups excluding carboxylic acids is 1. The van der Waals surface area contributed by atoms with Crippen molar-refractivity contribution in [2.45, 2.75) is 20.3 Å². The van der Waals surface area contributed by atoms with Gasteiger partial charge in [0.2, 0.25) is 5.91 Å². The minimum atomic E-state index is 0.145. The summed E-state index contributed by atoms with van der Waals surface area (Å²) in [7, 11) is 0. The number of hydrogen-bond donors (Lipinski definition) is 1. The zero-order chi connectivity index (χ0) is 11.0. The van der Waals surface area contributed by atoms with Crippen molar-refractivity contribution in [2.75, 3.05) is 5.32 Å². The van der Waals surface area contributed by atoms with Crippen LogP contribution in [0.25, 0.3) is 0 Å². The van der Waals surface area contributed by atoms with Crippen LogP contribution in [0.5, 0.6) is 0 Å². The Bertz CT molecular complexity index is 403. The number of nitrogens with one attached hydrogen (secondary N) is 1. The molecule has 0 unspecified atom stereocenters. The van der Waals surface area contributed by atoms with E-state index in [0.29, 0.717) is 5.92 Å². The average molecular weight is 268 g/mol. The maximum atomic E-state index is 11.7. The molecule has 3 heteroatoms. The standard InChI is InChI=1S/C12H14BrNO/c1-7-3-4-11(10(13)5-7)14-12(15)9-6-8(9)2/h3-5,8-9H,6H2,1-2H3,(H,14,15)/t8-,9-/m0/s1. The van der Waals surface area contributed by atoms with Gasteiger partial charge < -0.3 is 5.32 Å². The third kappa shape index (κ3) is 2.40. The number of aryl methyl sites for hydroxylation is 1. The van der Waals surface area contributed by atoms with Gasteiger partial charge in [0, 0.05) is 10.4 Å². The molecule has 0 aromatic heterocycles. The second kappa shape index (κ2) is 3.97. The summed E-state index contributed by atoms with van der Waals surface area (Å²) < 4.78 is 0.948. The van der Waals surface area contributed by atoms with Gasteiger partial charge in [-0.2, -0.15) is 0 Å². The quantitative estimate of drug-likeness (QED) is 0.875. The number of hydrogen-bond acceptors (Lipinski definition) is 1. The predicted octanol–water partition coefficient (Wildman–Crippen LogP) is 3.35. The molecule has 1 aliphatic carbocycles. The molecule has 2 nitrogen and oxygen atoms in total. The molecule has 1 aromatic carbocycles. The Morgan fingerprint density at radius 3 is 2.73 bits per heavy atom. The van der Waals surface area contributed by atoms with Crippen LogP contribution in [0.2, 0.25) is 0 Å². The first-order valence-electron chi connectivity index (χ1n) is 5.15. The summed E-state index contributed by atoms with van der Waals surface area (Å²) in [6, 6.07) is 5.94. The van der Waals surface area contributed by atoms with Gasteiger partial charge in [-0.25, -0.2) is 0 Å². The third-order valence-corrected chi connectivity index (χ3v) is 3.48. The first-order valence-corrected chi connectivity index (χ1v) is 5.94. The summed E-state index contributed by atoms with van der Waals surface area (Å²) >= 11 is 3.45. The molecule has 1 fully saturated rings. The lowest BCUT2D eigenvalue weighted by atomic mass is 10.2. The van der Waals surface area contributed by atoms with Crippen LogP contribution in [-0.4, -0.2) is 5.91 Å². The molecule has 1 aromatic rings. The van der Waals surface area contributed by atoms with Gasteiger partial charge in [0.25, 0.3) is 0 Å². The van der Waals surface area contributed by atoms with Crippen LogP contribution in [0.3, 0.4) is 0 Å². The van der Waals surface area contributed by atoms with E-state index in [1.807, 2.05) is 25.1 Å². The Kier molecular flexibility index (Phi) is 2.83. The van der Waals surface area contributed by atoms with Crippen molar-refractivity contribution < 1.29 is 4.79 Å². The molecular formula is C12H14BrNO. The van der Waals surface area contributed by atoms with Gasteiger partial charge in [0.15, 0.2) is 0 Å². The van der Waals surface area contributed by atoms with Gasteiger partial charge in [0.1, 0.15) is 0 Å². The van der Waals surface area contributed by atoms with E-state index in [0.717, 1.165) is 16.6 Å². The number of carbonyl (C=O) groups is 1.